The van der Waals surface area contributed by atoms with Crippen LogP contribution in [0.5, 0.6) is 0 Å². The average molecular weight is 235 g/mol. The van der Waals surface area contributed by atoms with Gasteiger partial charge in [0.1, 0.15) is 0 Å². The first-order valence-electron chi connectivity index (χ1n) is 5.67. The van der Waals surface area contributed by atoms with E-state index in [0.29, 0.717) is 12.2 Å². The summed E-state index contributed by atoms with van der Waals surface area (Å²) in [6.45, 7) is 2.02. The number of Topliss-reactive ketones (excluding diaryl/α,β-unsaturated/α-hetero) is 1. The summed E-state index contributed by atoms with van der Waals surface area (Å²) in [4.78, 5) is 11.7. The average Bonchev–Trinajstić information content (AvgIpc) is 2.25. The third kappa shape index (κ3) is 2.53. The van der Waals surface area contributed by atoms with Gasteiger partial charge in [-0.1, -0.05) is 17.7 Å². The summed E-state index contributed by atoms with van der Waals surface area (Å²) in [5, 5.41) is 0.745. The maximum atomic E-state index is 11.7. The highest BCUT2D eigenvalue weighted by Crippen LogP contribution is 2.24. The Hall–Kier alpha value is -1.08. The van der Waals surface area contributed by atoms with Crippen LogP contribution in [-0.2, 0) is 4.79 Å². The molecule has 1 nitrogen and oxygen atoms in total. The number of aryl methyl sites for hydroxylation is 1. The van der Waals surface area contributed by atoms with Crippen molar-refractivity contribution in [1.82, 2.24) is 0 Å². The van der Waals surface area contributed by atoms with Gasteiger partial charge in [0.15, 0.2) is 5.78 Å². The highest BCUT2D eigenvalue weighted by molar-refractivity contribution is 6.30. The Kier molecular flexibility index (Phi) is 3.45. The smallest absolute Gasteiger partial charge is 0.158 e. The minimum absolute atomic E-state index is 0.306. The molecule has 0 amide bonds. The molecule has 2 rings (SSSR count). The molecule has 1 aliphatic carbocycles. The second kappa shape index (κ2) is 4.84. The van der Waals surface area contributed by atoms with Gasteiger partial charge in [-0.05, 0) is 61.1 Å². The molecule has 1 aromatic rings. The van der Waals surface area contributed by atoms with E-state index in [0.717, 1.165) is 41.0 Å². The highest BCUT2D eigenvalue weighted by atomic mass is 35.5. The molecule has 1 saturated carbocycles. The van der Waals surface area contributed by atoms with Crippen LogP contribution >= 0.6 is 11.6 Å². The lowest BCUT2D eigenvalue weighted by molar-refractivity contribution is -0.116. The molecule has 0 atom stereocenters. The molecule has 0 spiro atoms. The third-order valence-electron chi connectivity index (χ3n) is 3.02. The Labute approximate surface area is 101 Å². The number of rotatable bonds is 1. The van der Waals surface area contributed by atoms with Crippen molar-refractivity contribution in [3.8, 4) is 0 Å². The minimum Gasteiger partial charge on any atom is -0.295 e. The van der Waals surface area contributed by atoms with Crippen molar-refractivity contribution in [3.05, 3.63) is 39.9 Å². The zero-order valence-corrected chi connectivity index (χ0v) is 10.2. The molecule has 84 valence electrons. The van der Waals surface area contributed by atoms with Crippen LogP contribution < -0.4 is 0 Å². The predicted octanol–water partition coefficient (Wildman–Crippen LogP) is 4.17. The van der Waals surface area contributed by atoms with Crippen LogP contribution in [0.4, 0.5) is 0 Å². The molecule has 16 heavy (non-hydrogen) atoms. The first-order chi connectivity index (χ1) is 7.66. The summed E-state index contributed by atoms with van der Waals surface area (Å²) in [6, 6.07) is 5.78. The quantitative estimate of drug-likeness (QED) is 0.667. The maximum Gasteiger partial charge on any atom is 0.158 e. The van der Waals surface area contributed by atoms with E-state index in [4.69, 9.17) is 11.6 Å². The van der Waals surface area contributed by atoms with Gasteiger partial charge in [-0.15, -0.1) is 0 Å². The van der Waals surface area contributed by atoms with Crippen LogP contribution in [0.15, 0.2) is 23.8 Å². The number of ketones is 1. The van der Waals surface area contributed by atoms with Gasteiger partial charge in [0.25, 0.3) is 0 Å². The molecule has 0 bridgehead atoms. The Bertz CT molecular complexity index is 446. The standard InChI is InChI=1S/C14H15ClO/c1-10-8-13(15)7-6-11(10)9-12-4-2-3-5-14(12)16/h6-9H,2-5H2,1H3. The van der Waals surface area contributed by atoms with Gasteiger partial charge in [-0.3, -0.25) is 4.79 Å². The topological polar surface area (TPSA) is 17.1 Å². The van der Waals surface area contributed by atoms with Crippen molar-refractivity contribution in [1.29, 1.82) is 0 Å². The van der Waals surface area contributed by atoms with E-state index < -0.39 is 0 Å². The van der Waals surface area contributed by atoms with E-state index in [-0.39, 0.29) is 0 Å². The van der Waals surface area contributed by atoms with E-state index >= 15 is 0 Å². The van der Waals surface area contributed by atoms with Gasteiger partial charge in [-0.2, -0.15) is 0 Å². The normalized spacial score (nSPS) is 19.1. The Balaban J connectivity index is 2.30. The van der Waals surface area contributed by atoms with E-state index in [1.165, 1.54) is 0 Å². The fourth-order valence-electron chi connectivity index (χ4n) is 2.04. The van der Waals surface area contributed by atoms with E-state index in [9.17, 15) is 4.79 Å². The summed E-state index contributed by atoms with van der Waals surface area (Å²) in [7, 11) is 0. The maximum absolute atomic E-state index is 11.7. The van der Waals surface area contributed by atoms with Crippen molar-refractivity contribution < 1.29 is 4.79 Å². The Morgan fingerprint density at radius 3 is 2.69 bits per heavy atom. The lowest BCUT2D eigenvalue weighted by Gasteiger charge is -2.13. The summed E-state index contributed by atoms with van der Waals surface area (Å²) >= 11 is 5.90. The summed E-state index contributed by atoms with van der Waals surface area (Å²) < 4.78 is 0. The zero-order valence-electron chi connectivity index (χ0n) is 9.42. The van der Waals surface area contributed by atoms with Gasteiger partial charge in [0.2, 0.25) is 0 Å². The molecule has 0 aromatic heterocycles. The number of halogens is 1. The summed E-state index contributed by atoms with van der Waals surface area (Å²) in [5.74, 6) is 0.306. The van der Waals surface area contributed by atoms with Gasteiger partial charge in [0.05, 0.1) is 0 Å². The van der Waals surface area contributed by atoms with Crippen molar-refractivity contribution in [2.24, 2.45) is 0 Å². The van der Waals surface area contributed by atoms with Crippen LogP contribution in [0.25, 0.3) is 6.08 Å². The van der Waals surface area contributed by atoms with Crippen LogP contribution in [0, 0.1) is 6.92 Å². The lowest BCUT2D eigenvalue weighted by Crippen LogP contribution is -2.08. The van der Waals surface area contributed by atoms with E-state index in [2.05, 4.69) is 0 Å². The number of benzene rings is 1. The van der Waals surface area contributed by atoms with Gasteiger partial charge < -0.3 is 0 Å². The van der Waals surface area contributed by atoms with Crippen molar-refractivity contribution in [2.45, 2.75) is 32.6 Å². The molecule has 0 radical (unpaired) electrons. The second-order valence-corrected chi connectivity index (χ2v) is 4.74. The minimum atomic E-state index is 0.306. The number of carbonyl (C=O) groups is 1. The predicted molar refractivity (Wildman–Crippen MR) is 67.6 cm³/mol. The molecule has 1 fully saturated rings. The Morgan fingerprint density at radius 2 is 2.00 bits per heavy atom. The molecule has 0 aliphatic heterocycles. The van der Waals surface area contributed by atoms with Gasteiger partial charge >= 0.3 is 0 Å². The van der Waals surface area contributed by atoms with Crippen LogP contribution in [0.2, 0.25) is 5.02 Å². The molecule has 0 unspecified atom stereocenters. The molecule has 1 aromatic carbocycles. The SMILES string of the molecule is Cc1cc(Cl)ccc1C=C1CCCCC1=O. The van der Waals surface area contributed by atoms with Gasteiger partial charge in [-0.25, -0.2) is 0 Å². The number of carbonyl (C=O) groups excluding carboxylic acids is 1. The van der Waals surface area contributed by atoms with Crippen molar-refractivity contribution >= 4 is 23.5 Å². The first kappa shape index (κ1) is 11.4. The van der Waals surface area contributed by atoms with E-state index in [1.807, 2.05) is 31.2 Å². The molecule has 1 aliphatic rings. The summed E-state index contributed by atoms with van der Waals surface area (Å²) in [6.07, 6.45) is 5.81. The van der Waals surface area contributed by atoms with Crippen LogP contribution in [-0.4, -0.2) is 5.78 Å². The second-order valence-electron chi connectivity index (χ2n) is 4.30. The molecule has 0 N–H and O–H groups in total. The fraction of sp³-hybridized carbons (Fsp3) is 0.357. The van der Waals surface area contributed by atoms with Crippen molar-refractivity contribution in [3.63, 3.8) is 0 Å². The third-order valence-corrected chi connectivity index (χ3v) is 3.25. The van der Waals surface area contributed by atoms with Crippen LogP contribution in [0.3, 0.4) is 0 Å². The monoisotopic (exact) mass is 234 g/mol. The number of allylic oxidation sites excluding steroid dienone is 1. The van der Waals surface area contributed by atoms with Crippen LogP contribution in [0.1, 0.15) is 36.8 Å². The highest BCUT2D eigenvalue weighted by Gasteiger charge is 2.14. The summed E-state index contributed by atoms with van der Waals surface area (Å²) in [5.41, 5.74) is 3.20. The largest absolute Gasteiger partial charge is 0.295 e. The fourth-order valence-corrected chi connectivity index (χ4v) is 2.27. The molecule has 0 saturated heterocycles. The first-order valence-corrected chi connectivity index (χ1v) is 6.04. The Morgan fingerprint density at radius 1 is 1.25 bits per heavy atom. The number of hydrogen-bond acceptors (Lipinski definition) is 1. The molecular formula is C14H15ClO. The zero-order chi connectivity index (χ0) is 11.5. The van der Waals surface area contributed by atoms with Crippen molar-refractivity contribution in [2.75, 3.05) is 0 Å². The number of hydrogen-bond donors (Lipinski definition) is 0. The lowest BCUT2D eigenvalue weighted by atomic mass is 9.91. The van der Waals surface area contributed by atoms with E-state index in [1.54, 1.807) is 0 Å². The molecular weight excluding hydrogens is 220 g/mol. The molecule has 0 heterocycles. The van der Waals surface area contributed by atoms with Gasteiger partial charge in [0, 0.05) is 11.4 Å². The molecule has 2 heteroatoms.